The third-order valence-electron chi connectivity index (χ3n) is 5.33. The Bertz CT molecular complexity index is 341. The molecule has 0 aliphatic heterocycles. The van der Waals surface area contributed by atoms with Gasteiger partial charge >= 0.3 is 0 Å². The van der Waals surface area contributed by atoms with E-state index in [1.54, 1.807) is 11.3 Å². The Balaban J connectivity index is 1.65. The molecule has 0 bridgehead atoms. The first kappa shape index (κ1) is 22.7. The number of unbranched alkanes of at least 4 members (excludes halogenated alkanes) is 17. The maximum absolute atomic E-state index is 3.34. The average molecular weight is 364 g/mol. The first-order chi connectivity index (χ1) is 12.4. The molecule has 0 nitrogen and oxygen atoms in total. The molecular formula is C24H43S. The van der Waals surface area contributed by atoms with Gasteiger partial charge in [0.15, 0.2) is 0 Å². The molecule has 0 aromatic carbocycles. The maximum Gasteiger partial charge on any atom is 0.0477 e. The van der Waals surface area contributed by atoms with Gasteiger partial charge in [-0.3, -0.25) is 0 Å². The molecule has 0 saturated heterocycles. The average Bonchev–Trinajstić information content (AvgIpc) is 3.14. The highest BCUT2D eigenvalue weighted by Crippen LogP contribution is 2.15. The minimum Gasteiger partial charge on any atom is -0.143 e. The Labute approximate surface area is 162 Å². The maximum atomic E-state index is 3.34. The van der Waals surface area contributed by atoms with Gasteiger partial charge in [0, 0.05) is 5.38 Å². The third-order valence-corrected chi connectivity index (χ3v) is 5.98. The Kier molecular flexibility index (Phi) is 16.8. The third kappa shape index (κ3) is 15.7. The second kappa shape index (κ2) is 18.5. The van der Waals surface area contributed by atoms with Crippen LogP contribution in [0.1, 0.15) is 128 Å². The van der Waals surface area contributed by atoms with E-state index in [4.69, 9.17) is 0 Å². The summed E-state index contributed by atoms with van der Waals surface area (Å²) in [4.78, 5) is 0. The summed E-state index contributed by atoms with van der Waals surface area (Å²) >= 11 is 1.70. The van der Waals surface area contributed by atoms with Gasteiger partial charge in [-0.25, -0.2) is 0 Å². The Morgan fingerprint density at radius 2 is 1.00 bits per heavy atom. The van der Waals surface area contributed by atoms with Gasteiger partial charge in [0.05, 0.1) is 0 Å². The van der Waals surface area contributed by atoms with E-state index in [2.05, 4.69) is 23.8 Å². The highest BCUT2D eigenvalue weighted by atomic mass is 32.1. The second-order valence-electron chi connectivity index (χ2n) is 7.81. The minimum atomic E-state index is 1.24. The summed E-state index contributed by atoms with van der Waals surface area (Å²) < 4.78 is 0. The van der Waals surface area contributed by atoms with Crippen molar-refractivity contribution in [2.75, 3.05) is 0 Å². The van der Waals surface area contributed by atoms with Crippen LogP contribution in [0, 0.1) is 5.38 Å². The number of hydrogen-bond acceptors (Lipinski definition) is 1. The van der Waals surface area contributed by atoms with Gasteiger partial charge in [-0.1, -0.05) is 116 Å². The Hall–Kier alpha value is -0.300. The van der Waals surface area contributed by atoms with Crippen molar-refractivity contribution >= 4 is 11.3 Å². The number of rotatable bonds is 19. The molecule has 1 rings (SSSR count). The molecule has 0 spiro atoms. The zero-order chi connectivity index (χ0) is 17.8. The van der Waals surface area contributed by atoms with Crippen molar-refractivity contribution in [3.63, 3.8) is 0 Å². The number of aryl methyl sites for hydroxylation is 1. The summed E-state index contributed by atoms with van der Waals surface area (Å²) in [6, 6.07) is 2.22. The van der Waals surface area contributed by atoms with Crippen LogP contribution in [0.5, 0.6) is 0 Å². The molecule has 1 radical (unpaired) electrons. The summed E-state index contributed by atoms with van der Waals surface area (Å²) in [5.74, 6) is 0. The molecule has 1 aromatic heterocycles. The summed E-state index contributed by atoms with van der Waals surface area (Å²) in [6.07, 6.45) is 27.4. The lowest BCUT2D eigenvalue weighted by Gasteiger charge is -2.04. The molecule has 145 valence electrons. The molecule has 1 heteroatoms. The fourth-order valence-electron chi connectivity index (χ4n) is 3.61. The van der Waals surface area contributed by atoms with Crippen LogP contribution in [-0.2, 0) is 6.42 Å². The Morgan fingerprint density at radius 3 is 1.36 bits per heavy atom. The van der Waals surface area contributed by atoms with E-state index in [0.29, 0.717) is 0 Å². The smallest absolute Gasteiger partial charge is 0.0477 e. The predicted molar refractivity (Wildman–Crippen MR) is 116 cm³/mol. The van der Waals surface area contributed by atoms with Gasteiger partial charge in [0.2, 0.25) is 0 Å². The summed E-state index contributed by atoms with van der Waals surface area (Å²) in [5, 5.41) is 5.48. The van der Waals surface area contributed by atoms with E-state index in [-0.39, 0.29) is 0 Å². The Morgan fingerprint density at radius 1 is 0.600 bits per heavy atom. The lowest BCUT2D eigenvalue weighted by atomic mass is 10.0. The number of thiophene rings is 1. The number of hydrogen-bond donors (Lipinski definition) is 0. The van der Waals surface area contributed by atoms with Gasteiger partial charge in [-0.05, 0) is 29.9 Å². The zero-order valence-electron chi connectivity index (χ0n) is 17.0. The van der Waals surface area contributed by atoms with Crippen LogP contribution in [0.3, 0.4) is 0 Å². The van der Waals surface area contributed by atoms with Crippen LogP contribution < -0.4 is 0 Å². The van der Waals surface area contributed by atoms with Crippen molar-refractivity contribution in [1.29, 1.82) is 0 Å². The molecule has 0 aliphatic carbocycles. The van der Waals surface area contributed by atoms with E-state index in [1.165, 1.54) is 128 Å². The van der Waals surface area contributed by atoms with Gasteiger partial charge in [0.1, 0.15) is 0 Å². The SMILES string of the molecule is CCCCCCCCCCCCCCCCCCCCc1[c]scc1. The van der Waals surface area contributed by atoms with Crippen LogP contribution in [0.15, 0.2) is 11.4 Å². The quantitative estimate of drug-likeness (QED) is 0.215. The molecule has 1 aromatic rings. The van der Waals surface area contributed by atoms with E-state index in [0.717, 1.165) is 0 Å². The highest BCUT2D eigenvalue weighted by Gasteiger charge is 1.96. The summed E-state index contributed by atoms with van der Waals surface area (Å²) in [7, 11) is 0. The molecule has 0 atom stereocenters. The first-order valence-electron chi connectivity index (χ1n) is 11.4. The normalized spacial score (nSPS) is 11.2. The largest absolute Gasteiger partial charge is 0.143 e. The van der Waals surface area contributed by atoms with E-state index >= 15 is 0 Å². The molecule has 0 saturated carbocycles. The zero-order valence-corrected chi connectivity index (χ0v) is 17.8. The van der Waals surface area contributed by atoms with Crippen LogP contribution >= 0.6 is 11.3 Å². The minimum absolute atomic E-state index is 1.24. The van der Waals surface area contributed by atoms with Crippen molar-refractivity contribution in [2.45, 2.75) is 129 Å². The summed E-state index contributed by atoms with van der Waals surface area (Å²) in [6.45, 7) is 2.30. The van der Waals surface area contributed by atoms with Crippen molar-refractivity contribution < 1.29 is 0 Å². The first-order valence-corrected chi connectivity index (χ1v) is 12.3. The topological polar surface area (TPSA) is 0 Å². The van der Waals surface area contributed by atoms with Gasteiger partial charge < -0.3 is 0 Å². The van der Waals surface area contributed by atoms with Crippen LogP contribution in [0.4, 0.5) is 0 Å². The molecular weight excluding hydrogens is 320 g/mol. The fourth-order valence-corrected chi connectivity index (χ4v) is 4.23. The lowest BCUT2D eigenvalue weighted by Crippen LogP contribution is -1.85. The molecule has 0 fully saturated rings. The van der Waals surface area contributed by atoms with E-state index in [1.807, 2.05) is 0 Å². The van der Waals surface area contributed by atoms with Crippen molar-refractivity contribution in [3.8, 4) is 0 Å². The van der Waals surface area contributed by atoms with Crippen LogP contribution in [0.25, 0.3) is 0 Å². The van der Waals surface area contributed by atoms with Crippen LogP contribution in [-0.4, -0.2) is 0 Å². The molecule has 0 unspecified atom stereocenters. The summed E-state index contributed by atoms with van der Waals surface area (Å²) in [5.41, 5.74) is 1.42. The predicted octanol–water partition coefficient (Wildman–Crippen LogP) is 9.13. The van der Waals surface area contributed by atoms with E-state index < -0.39 is 0 Å². The van der Waals surface area contributed by atoms with Gasteiger partial charge in [-0.15, -0.1) is 11.3 Å². The molecule has 1 heterocycles. The van der Waals surface area contributed by atoms with Gasteiger partial charge in [0.25, 0.3) is 0 Å². The van der Waals surface area contributed by atoms with Crippen molar-refractivity contribution in [2.24, 2.45) is 0 Å². The van der Waals surface area contributed by atoms with Crippen molar-refractivity contribution in [1.82, 2.24) is 0 Å². The van der Waals surface area contributed by atoms with Crippen molar-refractivity contribution in [3.05, 3.63) is 22.4 Å². The monoisotopic (exact) mass is 363 g/mol. The van der Waals surface area contributed by atoms with Crippen LogP contribution in [0.2, 0.25) is 0 Å². The molecule has 0 amide bonds. The molecule has 25 heavy (non-hydrogen) atoms. The highest BCUT2D eigenvalue weighted by molar-refractivity contribution is 7.07. The fraction of sp³-hybridized carbons (Fsp3) is 0.833. The standard InChI is InChI=1S/C24H43S/c1-2-3-4-5-6-7-8-9-10-11-12-13-14-15-16-17-18-19-20-24-21-22-25-23-24/h21-22H,2-20H2,1H3. The second-order valence-corrected chi connectivity index (χ2v) is 8.52. The lowest BCUT2D eigenvalue weighted by molar-refractivity contribution is 0.525. The molecule has 0 N–H and O–H groups in total. The van der Waals surface area contributed by atoms with Gasteiger partial charge in [-0.2, -0.15) is 0 Å². The molecule has 0 aliphatic rings. The van der Waals surface area contributed by atoms with E-state index in [9.17, 15) is 0 Å².